The highest BCUT2D eigenvalue weighted by molar-refractivity contribution is 5.88. The van der Waals surface area contributed by atoms with Crippen LogP contribution in [0.5, 0.6) is 0 Å². The second-order valence-electron chi connectivity index (χ2n) is 10.1. The molecule has 1 atom stereocenters. The molecular formula is C28H37N3O4. The van der Waals surface area contributed by atoms with E-state index < -0.39 is 18.0 Å². The van der Waals surface area contributed by atoms with Crippen LogP contribution in [0.3, 0.4) is 0 Å². The number of hydrogen-bond acceptors (Lipinski definition) is 4. The molecule has 0 fully saturated rings. The Bertz CT molecular complexity index is 995. The van der Waals surface area contributed by atoms with E-state index in [1.807, 2.05) is 36.4 Å². The molecule has 3 rings (SSSR count). The maximum absolute atomic E-state index is 12.6. The predicted octanol–water partition coefficient (Wildman–Crippen LogP) is 4.77. The molecule has 0 spiro atoms. The average Bonchev–Trinajstić information content (AvgIpc) is 3.13. The lowest BCUT2D eigenvalue weighted by Gasteiger charge is -2.21. The number of ether oxygens (including phenoxy) is 1. The van der Waals surface area contributed by atoms with Crippen LogP contribution in [0.2, 0.25) is 0 Å². The molecule has 1 aliphatic rings. The molecule has 0 aromatic heterocycles. The molecule has 0 aliphatic heterocycles. The fourth-order valence-corrected chi connectivity index (χ4v) is 4.66. The Balaban J connectivity index is 1.50. The minimum absolute atomic E-state index is 0.0598. The zero-order valence-corrected chi connectivity index (χ0v) is 21.3. The third kappa shape index (κ3) is 6.84. The first kappa shape index (κ1) is 26.3. The lowest BCUT2D eigenvalue weighted by molar-refractivity contribution is -0.132. The van der Waals surface area contributed by atoms with Gasteiger partial charge in [-0.3, -0.25) is 20.4 Å². The van der Waals surface area contributed by atoms with Gasteiger partial charge in [-0.25, -0.2) is 4.79 Å². The molecule has 0 saturated carbocycles. The smallest absolute Gasteiger partial charge is 0.407 e. The maximum Gasteiger partial charge on any atom is 0.407 e. The third-order valence-corrected chi connectivity index (χ3v) is 6.26. The van der Waals surface area contributed by atoms with Crippen molar-refractivity contribution in [2.75, 3.05) is 6.61 Å². The fourth-order valence-electron chi connectivity index (χ4n) is 4.66. The molecule has 2 aromatic carbocycles. The average molecular weight is 480 g/mol. The van der Waals surface area contributed by atoms with Gasteiger partial charge < -0.3 is 10.1 Å². The Kier molecular flexibility index (Phi) is 8.90. The normalized spacial score (nSPS) is 13.4. The summed E-state index contributed by atoms with van der Waals surface area (Å²) >= 11 is 0. The topological polar surface area (TPSA) is 96.5 Å². The second kappa shape index (κ2) is 11.9. The Morgan fingerprint density at radius 2 is 1.26 bits per heavy atom. The molecule has 0 saturated heterocycles. The van der Waals surface area contributed by atoms with Gasteiger partial charge >= 0.3 is 6.09 Å². The summed E-state index contributed by atoms with van der Waals surface area (Å²) in [6.07, 6.45) is 0.805. The van der Waals surface area contributed by atoms with Crippen molar-refractivity contribution in [3.63, 3.8) is 0 Å². The van der Waals surface area contributed by atoms with E-state index in [-0.39, 0.29) is 24.3 Å². The maximum atomic E-state index is 12.6. The van der Waals surface area contributed by atoms with Gasteiger partial charge in [-0.05, 0) is 53.9 Å². The lowest BCUT2D eigenvalue weighted by Crippen LogP contribution is -2.52. The number of carbonyl (C=O) groups excluding carboxylic acids is 3. The molecule has 188 valence electrons. The molecule has 3 N–H and O–H groups in total. The molecule has 0 radical (unpaired) electrons. The van der Waals surface area contributed by atoms with Gasteiger partial charge in [-0.2, -0.15) is 0 Å². The number of alkyl carbamates (subject to hydrolysis) is 1. The Labute approximate surface area is 208 Å². The monoisotopic (exact) mass is 479 g/mol. The summed E-state index contributed by atoms with van der Waals surface area (Å²) < 4.78 is 5.49. The SMILES string of the molecule is CC(C)CC(CC(C)C)C(=O)NNC(=O)[C@@H](C)NC(=O)OCC1c2ccccc2-c2ccccc21. The van der Waals surface area contributed by atoms with Gasteiger partial charge in [0.25, 0.3) is 5.91 Å². The summed E-state index contributed by atoms with van der Waals surface area (Å²) in [7, 11) is 0. The van der Waals surface area contributed by atoms with Gasteiger partial charge in [0.05, 0.1) is 0 Å². The van der Waals surface area contributed by atoms with Gasteiger partial charge in [0.2, 0.25) is 5.91 Å². The number of nitrogens with one attached hydrogen (secondary N) is 3. The number of hydrogen-bond donors (Lipinski definition) is 3. The van der Waals surface area contributed by atoms with Gasteiger partial charge in [0.1, 0.15) is 12.6 Å². The summed E-state index contributed by atoms with van der Waals surface area (Å²) in [5, 5.41) is 2.54. The molecule has 1 aliphatic carbocycles. The quantitative estimate of drug-likeness (QED) is 0.452. The van der Waals surface area contributed by atoms with E-state index in [0.717, 1.165) is 35.1 Å². The van der Waals surface area contributed by atoms with E-state index in [4.69, 9.17) is 4.74 Å². The van der Waals surface area contributed by atoms with Crippen molar-refractivity contribution < 1.29 is 19.1 Å². The Morgan fingerprint density at radius 3 is 1.77 bits per heavy atom. The fraction of sp³-hybridized carbons (Fsp3) is 0.464. The molecule has 0 heterocycles. The van der Waals surface area contributed by atoms with Gasteiger partial charge in [-0.15, -0.1) is 0 Å². The van der Waals surface area contributed by atoms with Crippen LogP contribution in [0.25, 0.3) is 11.1 Å². The molecular weight excluding hydrogens is 442 g/mol. The molecule has 3 amide bonds. The van der Waals surface area contributed by atoms with Crippen molar-refractivity contribution in [3.8, 4) is 11.1 Å². The highest BCUT2D eigenvalue weighted by atomic mass is 16.5. The van der Waals surface area contributed by atoms with Crippen LogP contribution >= 0.6 is 0 Å². The first-order valence-electron chi connectivity index (χ1n) is 12.4. The van der Waals surface area contributed by atoms with Crippen LogP contribution in [0, 0.1) is 17.8 Å². The highest BCUT2D eigenvalue weighted by Gasteiger charge is 2.29. The van der Waals surface area contributed by atoms with Crippen molar-refractivity contribution in [1.29, 1.82) is 0 Å². The minimum Gasteiger partial charge on any atom is -0.449 e. The zero-order valence-electron chi connectivity index (χ0n) is 21.3. The van der Waals surface area contributed by atoms with Crippen molar-refractivity contribution in [2.24, 2.45) is 17.8 Å². The molecule has 2 aromatic rings. The standard InChI is InChI=1S/C28H37N3O4/c1-17(2)14-20(15-18(3)4)27(33)31-30-26(32)19(5)29-28(34)35-16-25-23-12-8-6-10-21(23)22-11-7-9-13-24(22)25/h6-13,17-20,25H,14-16H2,1-5H3,(H,29,34)(H,30,32)(H,31,33)/t19-/m1/s1. The van der Waals surface area contributed by atoms with Crippen LogP contribution in [-0.2, 0) is 14.3 Å². The van der Waals surface area contributed by atoms with Crippen LogP contribution < -0.4 is 16.2 Å². The van der Waals surface area contributed by atoms with E-state index >= 15 is 0 Å². The molecule has 0 bridgehead atoms. The van der Waals surface area contributed by atoms with Gasteiger partial charge in [0, 0.05) is 11.8 Å². The summed E-state index contributed by atoms with van der Waals surface area (Å²) in [5.74, 6) is -0.228. The first-order valence-corrected chi connectivity index (χ1v) is 12.4. The second-order valence-corrected chi connectivity index (χ2v) is 10.1. The van der Waals surface area contributed by atoms with Crippen LogP contribution in [0.4, 0.5) is 4.79 Å². The summed E-state index contributed by atoms with van der Waals surface area (Å²) in [6.45, 7) is 9.98. The first-order chi connectivity index (χ1) is 16.7. The van der Waals surface area contributed by atoms with Gasteiger partial charge in [0.15, 0.2) is 0 Å². The number of fused-ring (bicyclic) bond motifs is 3. The number of benzene rings is 2. The summed E-state index contributed by atoms with van der Waals surface area (Å²) in [4.78, 5) is 37.4. The van der Waals surface area contributed by atoms with Crippen LogP contribution in [0.15, 0.2) is 48.5 Å². The number of amides is 3. The summed E-state index contributed by atoms with van der Waals surface area (Å²) in [6, 6.07) is 15.3. The minimum atomic E-state index is -0.875. The molecule has 7 nitrogen and oxygen atoms in total. The van der Waals surface area contributed by atoms with E-state index in [1.165, 1.54) is 0 Å². The number of rotatable bonds is 9. The van der Waals surface area contributed by atoms with E-state index in [0.29, 0.717) is 11.8 Å². The van der Waals surface area contributed by atoms with Crippen molar-refractivity contribution in [2.45, 2.75) is 59.4 Å². The van der Waals surface area contributed by atoms with Crippen LogP contribution in [0.1, 0.15) is 64.5 Å². The Morgan fingerprint density at radius 1 is 0.771 bits per heavy atom. The predicted molar refractivity (Wildman–Crippen MR) is 136 cm³/mol. The van der Waals surface area contributed by atoms with E-state index in [9.17, 15) is 14.4 Å². The lowest BCUT2D eigenvalue weighted by atomic mass is 9.89. The third-order valence-electron chi connectivity index (χ3n) is 6.26. The van der Waals surface area contributed by atoms with Gasteiger partial charge in [-0.1, -0.05) is 76.2 Å². The number of hydrazine groups is 1. The highest BCUT2D eigenvalue weighted by Crippen LogP contribution is 2.44. The Hall–Kier alpha value is -3.35. The van der Waals surface area contributed by atoms with Crippen LogP contribution in [-0.4, -0.2) is 30.6 Å². The molecule has 35 heavy (non-hydrogen) atoms. The van der Waals surface area contributed by atoms with Crippen molar-refractivity contribution in [1.82, 2.24) is 16.2 Å². The zero-order chi connectivity index (χ0) is 25.5. The van der Waals surface area contributed by atoms with Crippen molar-refractivity contribution >= 4 is 17.9 Å². The number of carbonyl (C=O) groups is 3. The molecule has 0 unspecified atom stereocenters. The van der Waals surface area contributed by atoms with E-state index in [2.05, 4.69) is 56.0 Å². The van der Waals surface area contributed by atoms with Crippen molar-refractivity contribution in [3.05, 3.63) is 59.7 Å². The summed E-state index contributed by atoms with van der Waals surface area (Å²) in [5.41, 5.74) is 9.47. The van der Waals surface area contributed by atoms with E-state index in [1.54, 1.807) is 6.92 Å². The molecule has 7 heteroatoms. The largest absolute Gasteiger partial charge is 0.449 e.